The number of rotatable bonds is 6. The van der Waals surface area contributed by atoms with Gasteiger partial charge in [0.25, 0.3) is 0 Å². The topological polar surface area (TPSA) is 49.3 Å². The van der Waals surface area contributed by atoms with Crippen LogP contribution < -0.4 is 5.32 Å². The third-order valence-corrected chi connectivity index (χ3v) is 3.74. The van der Waals surface area contributed by atoms with Crippen LogP contribution in [0.4, 0.5) is 0 Å². The zero-order valence-corrected chi connectivity index (χ0v) is 11.6. The molecule has 0 aliphatic carbocycles. The van der Waals surface area contributed by atoms with Crippen molar-refractivity contribution in [1.29, 1.82) is 0 Å². The van der Waals surface area contributed by atoms with Crippen LogP contribution in [0.3, 0.4) is 0 Å². The first-order chi connectivity index (χ1) is 9.15. The molecule has 1 aromatic heterocycles. The Bertz CT molecular complexity index is 520. The summed E-state index contributed by atoms with van der Waals surface area (Å²) in [5, 5.41) is 16.4. The second-order valence-corrected chi connectivity index (χ2v) is 5.33. The summed E-state index contributed by atoms with van der Waals surface area (Å²) in [5.74, 6) is -0.794. The maximum Gasteiger partial charge on any atom is 0.307 e. The van der Waals surface area contributed by atoms with E-state index >= 15 is 0 Å². The minimum absolute atomic E-state index is 0.0824. The van der Waals surface area contributed by atoms with Crippen molar-refractivity contribution >= 4 is 17.3 Å². The Morgan fingerprint density at radius 1 is 1.26 bits per heavy atom. The molecule has 0 fully saturated rings. The first kappa shape index (κ1) is 13.8. The van der Waals surface area contributed by atoms with Crippen LogP contribution in [0.25, 0.3) is 0 Å². The molecule has 0 saturated heterocycles. The van der Waals surface area contributed by atoms with E-state index in [9.17, 15) is 4.79 Å². The lowest BCUT2D eigenvalue weighted by Crippen LogP contribution is -2.17. The molecule has 1 atom stereocenters. The van der Waals surface area contributed by atoms with Crippen molar-refractivity contribution in [2.45, 2.75) is 25.9 Å². The fraction of sp³-hybridized carbons (Fsp3) is 0.267. The molecule has 0 radical (unpaired) electrons. The number of carboxylic acid groups (broad SMARTS) is 1. The van der Waals surface area contributed by atoms with Crippen LogP contribution in [0.5, 0.6) is 0 Å². The van der Waals surface area contributed by atoms with Crippen molar-refractivity contribution in [3.63, 3.8) is 0 Å². The minimum atomic E-state index is -0.794. The number of aliphatic carboxylic acids is 1. The minimum Gasteiger partial charge on any atom is -0.481 e. The van der Waals surface area contributed by atoms with E-state index in [-0.39, 0.29) is 6.42 Å². The fourth-order valence-electron chi connectivity index (χ4n) is 1.86. The fourth-order valence-corrected chi connectivity index (χ4v) is 2.61. The maximum atomic E-state index is 10.6. The first-order valence-electron chi connectivity index (χ1n) is 6.20. The summed E-state index contributed by atoms with van der Waals surface area (Å²) in [7, 11) is 0. The highest BCUT2D eigenvalue weighted by Gasteiger charge is 2.05. The molecule has 2 aromatic rings. The van der Waals surface area contributed by atoms with E-state index in [1.165, 1.54) is 5.56 Å². The van der Waals surface area contributed by atoms with Crippen molar-refractivity contribution in [3.8, 4) is 0 Å². The van der Waals surface area contributed by atoms with Crippen LogP contribution in [-0.2, 0) is 17.8 Å². The predicted octanol–water partition coefficient (Wildman–Crippen LogP) is 3.23. The van der Waals surface area contributed by atoms with Crippen molar-refractivity contribution in [3.05, 3.63) is 57.8 Å². The van der Waals surface area contributed by atoms with Gasteiger partial charge in [-0.3, -0.25) is 4.79 Å². The van der Waals surface area contributed by atoms with Crippen LogP contribution in [0.2, 0.25) is 0 Å². The van der Waals surface area contributed by atoms with E-state index in [4.69, 9.17) is 5.11 Å². The summed E-state index contributed by atoms with van der Waals surface area (Å²) in [6.45, 7) is 2.92. The lowest BCUT2D eigenvalue weighted by molar-refractivity contribution is -0.136. The van der Waals surface area contributed by atoms with Crippen molar-refractivity contribution in [2.75, 3.05) is 0 Å². The Morgan fingerprint density at radius 2 is 1.95 bits per heavy atom. The molecule has 0 aliphatic heterocycles. The van der Waals surface area contributed by atoms with Gasteiger partial charge in [-0.25, -0.2) is 0 Å². The first-order valence-corrected chi connectivity index (χ1v) is 7.14. The van der Waals surface area contributed by atoms with Gasteiger partial charge in [-0.05, 0) is 40.4 Å². The number of nitrogens with one attached hydrogen (secondary N) is 1. The molecule has 1 heterocycles. The van der Waals surface area contributed by atoms with Gasteiger partial charge in [0.1, 0.15) is 0 Å². The number of hydrogen-bond acceptors (Lipinski definition) is 3. The van der Waals surface area contributed by atoms with Crippen LogP contribution in [0, 0.1) is 0 Å². The molecule has 0 spiro atoms. The van der Waals surface area contributed by atoms with E-state index in [1.54, 1.807) is 11.3 Å². The van der Waals surface area contributed by atoms with Crippen LogP contribution in [0.1, 0.15) is 29.7 Å². The zero-order chi connectivity index (χ0) is 13.7. The standard InChI is InChI=1S/C15H17NO2S/c1-11(14-6-7-19-10-14)16-9-13-4-2-12(3-5-13)8-15(17)18/h2-7,10-11,16H,8-9H2,1H3,(H,17,18). The van der Waals surface area contributed by atoms with Gasteiger partial charge in [0.2, 0.25) is 0 Å². The Morgan fingerprint density at radius 3 is 2.53 bits per heavy atom. The monoisotopic (exact) mass is 275 g/mol. The number of carboxylic acids is 1. The van der Waals surface area contributed by atoms with E-state index in [2.05, 4.69) is 29.1 Å². The molecule has 1 unspecified atom stereocenters. The van der Waals surface area contributed by atoms with Gasteiger partial charge >= 0.3 is 5.97 Å². The molecular formula is C15H17NO2S. The van der Waals surface area contributed by atoms with Gasteiger partial charge in [0.05, 0.1) is 6.42 Å². The average Bonchev–Trinajstić information content (AvgIpc) is 2.91. The summed E-state index contributed by atoms with van der Waals surface area (Å²) >= 11 is 1.70. The van der Waals surface area contributed by atoms with E-state index < -0.39 is 5.97 Å². The lowest BCUT2D eigenvalue weighted by atomic mass is 10.1. The maximum absolute atomic E-state index is 10.6. The second-order valence-electron chi connectivity index (χ2n) is 4.55. The normalized spacial score (nSPS) is 12.3. The van der Waals surface area contributed by atoms with Gasteiger partial charge in [0.15, 0.2) is 0 Å². The number of hydrogen-bond donors (Lipinski definition) is 2. The highest BCUT2D eigenvalue weighted by Crippen LogP contribution is 2.16. The third kappa shape index (κ3) is 4.19. The van der Waals surface area contributed by atoms with Crippen molar-refractivity contribution in [2.24, 2.45) is 0 Å². The second kappa shape index (κ2) is 6.50. The molecule has 0 bridgehead atoms. The molecule has 1 aromatic carbocycles. The van der Waals surface area contributed by atoms with Gasteiger partial charge in [-0.15, -0.1) is 0 Å². The SMILES string of the molecule is CC(NCc1ccc(CC(=O)O)cc1)c1ccsc1. The summed E-state index contributed by atoms with van der Waals surface area (Å²) in [6, 6.07) is 10.2. The average molecular weight is 275 g/mol. The summed E-state index contributed by atoms with van der Waals surface area (Å²) < 4.78 is 0. The molecule has 4 heteroatoms. The largest absolute Gasteiger partial charge is 0.481 e. The lowest BCUT2D eigenvalue weighted by Gasteiger charge is -2.12. The summed E-state index contributed by atoms with van der Waals surface area (Å²) in [5.41, 5.74) is 3.30. The number of benzene rings is 1. The van der Waals surface area contributed by atoms with Crippen molar-refractivity contribution < 1.29 is 9.90 Å². The van der Waals surface area contributed by atoms with Crippen LogP contribution in [0.15, 0.2) is 41.1 Å². The third-order valence-electron chi connectivity index (χ3n) is 3.03. The predicted molar refractivity (Wildman–Crippen MR) is 77.4 cm³/mol. The summed E-state index contributed by atoms with van der Waals surface area (Å²) in [6.07, 6.45) is 0.0824. The molecule has 19 heavy (non-hydrogen) atoms. The van der Waals surface area contributed by atoms with Gasteiger partial charge in [-0.2, -0.15) is 11.3 Å². The smallest absolute Gasteiger partial charge is 0.307 e. The molecule has 100 valence electrons. The Labute approximate surface area is 116 Å². The molecule has 0 aliphatic rings. The highest BCUT2D eigenvalue weighted by atomic mass is 32.1. The molecule has 0 amide bonds. The Balaban J connectivity index is 1.88. The van der Waals surface area contributed by atoms with E-state index in [0.717, 1.165) is 17.7 Å². The molecular weight excluding hydrogens is 258 g/mol. The zero-order valence-electron chi connectivity index (χ0n) is 10.8. The Hall–Kier alpha value is -1.65. The Kier molecular flexibility index (Phi) is 4.71. The van der Waals surface area contributed by atoms with Gasteiger partial charge < -0.3 is 10.4 Å². The summed E-state index contributed by atoms with van der Waals surface area (Å²) in [4.78, 5) is 10.6. The quantitative estimate of drug-likeness (QED) is 0.851. The van der Waals surface area contributed by atoms with E-state index in [1.807, 2.05) is 24.3 Å². The van der Waals surface area contributed by atoms with Crippen LogP contribution in [-0.4, -0.2) is 11.1 Å². The molecule has 3 nitrogen and oxygen atoms in total. The molecule has 2 rings (SSSR count). The van der Waals surface area contributed by atoms with Gasteiger partial charge in [-0.1, -0.05) is 24.3 Å². The highest BCUT2D eigenvalue weighted by molar-refractivity contribution is 7.07. The number of carbonyl (C=O) groups is 1. The number of thiophene rings is 1. The molecule has 2 N–H and O–H groups in total. The molecule has 0 saturated carbocycles. The van der Waals surface area contributed by atoms with Gasteiger partial charge in [0, 0.05) is 12.6 Å². The van der Waals surface area contributed by atoms with Crippen molar-refractivity contribution in [1.82, 2.24) is 5.32 Å². The van der Waals surface area contributed by atoms with E-state index in [0.29, 0.717) is 6.04 Å². The van der Waals surface area contributed by atoms with Crippen LogP contribution >= 0.6 is 11.3 Å².